The molecule has 0 saturated heterocycles. The highest BCUT2D eigenvalue weighted by atomic mass is 35.5. The maximum Gasteiger partial charge on any atom is 0.179 e. The summed E-state index contributed by atoms with van der Waals surface area (Å²) in [5, 5.41) is 0.628. The molecule has 0 amide bonds. The van der Waals surface area contributed by atoms with Gasteiger partial charge in [-0.2, -0.15) is 0 Å². The van der Waals surface area contributed by atoms with Crippen molar-refractivity contribution >= 4 is 34.8 Å². The summed E-state index contributed by atoms with van der Waals surface area (Å²) in [6.45, 7) is 0. The standard InChI is InChI=1S/C16H10Cl2O3/c1-21-8-5-6-9-10(7-8)16(20)14(15(9)19)13-11(17)3-2-4-12(13)18/h2-7,14H,1H3. The highest BCUT2D eigenvalue weighted by Crippen LogP contribution is 2.41. The Morgan fingerprint density at radius 1 is 0.952 bits per heavy atom. The molecule has 2 aromatic carbocycles. The van der Waals surface area contributed by atoms with Crippen LogP contribution in [0, 0.1) is 0 Å². The third kappa shape index (κ3) is 2.13. The van der Waals surface area contributed by atoms with Gasteiger partial charge in [-0.15, -0.1) is 0 Å². The number of benzene rings is 2. The zero-order valence-electron chi connectivity index (χ0n) is 11.0. The predicted octanol–water partition coefficient (Wildman–Crippen LogP) is 4.16. The summed E-state index contributed by atoms with van der Waals surface area (Å²) in [7, 11) is 1.51. The van der Waals surface area contributed by atoms with Crippen molar-refractivity contribution in [1.29, 1.82) is 0 Å². The minimum atomic E-state index is -0.978. The molecule has 0 fully saturated rings. The lowest BCUT2D eigenvalue weighted by Gasteiger charge is -2.11. The second-order valence-corrected chi connectivity index (χ2v) is 5.52. The average Bonchev–Trinajstić information content (AvgIpc) is 2.72. The van der Waals surface area contributed by atoms with Gasteiger partial charge in [0.1, 0.15) is 11.7 Å². The topological polar surface area (TPSA) is 43.4 Å². The number of halogens is 2. The zero-order chi connectivity index (χ0) is 15.1. The van der Waals surface area contributed by atoms with Crippen molar-refractivity contribution in [3.8, 4) is 5.75 Å². The van der Waals surface area contributed by atoms with E-state index in [4.69, 9.17) is 27.9 Å². The monoisotopic (exact) mass is 320 g/mol. The van der Waals surface area contributed by atoms with E-state index >= 15 is 0 Å². The predicted molar refractivity (Wildman–Crippen MR) is 80.9 cm³/mol. The van der Waals surface area contributed by atoms with Crippen LogP contribution in [0.4, 0.5) is 0 Å². The Labute approximate surface area is 131 Å². The Kier molecular flexibility index (Phi) is 3.47. The van der Waals surface area contributed by atoms with Crippen LogP contribution in [0.3, 0.4) is 0 Å². The van der Waals surface area contributed by atoms with Gasteiger partial charge in [0.05, 0.1) is 7.11 Å². The molecule has 2 aromatic rings. The second-order valence-electron chi connectivity index (χ2n) is 4.71. The third-order valence-corrected chi connectivity index (χ3v) is 4.23. The van der Waals surface area contributed by atoms with E-state index in [1.54, 1.807) is 36.4 Å². The van der Waals surface area contributed by atoms with Crippen molar-refractivity contribution in [2.24, 2.45) is 0 Å². The van der Waals surface area contributed by atoms with E-state index in [2.05, 4.69) is 0 Å². The van der Waals surface area contributed by atoms with Gasteiger partial charge in [0.25, 0.3) is 0 Å². The quantitative estimate of drug-likeness (QED) is 0.780. The molecule has 0 N–H and O–H groups in total. The number of hydrogen-bond acceptors (Lipinski definition) is 3. The SMILES string of the molecule is COc1ccc2c(c1)C(=O)C(c1c(Cl)cccc1Cl)C2=O. The first-order chi connectivity index (χ1) is 10.0. The molecular formula is C16H10Cl2O3. The molecule has 0 radical (unpaired) electrons. The molecule has 0 aromatic heterocycles. The van der Waals surface area contributed by atoms with Gasteiger partial charge in [0.2, 0.25) is 0 Å². The third-order valence-electron chi connectivity index (χ3n) is 3.57. The van der Waals surface area contributed by atoms with Crippen molar-refractivity contribution in [2.45, 2.75) is 5.92 Å². The smallest absolute Gasteiger partial charge is 0.179 e. The minimum absolute atomic E-state index is 0.285. The van der Waals surface area contributed by atoms with Gasteiger partial charge in [0, 0.05) is 26.7 Å². The molecule has 0 bridgehead atoms. The molecule has 21 heavy (non-hydrogen) atoms. The summed E-state index contributed by atoms with van der Waals surface area (Å²) in [4.78, 5) is 25.1. The number of ketones is 2. The Morgan fingerprint density at radius 2 is 1.57 bits per heavy atom. The molecule has 5 heteroatoms. The van der Waals surface area contributed by atoms with E-state index in [1.165, 1.54) is 7.11 Å². The van der Waals surface area contributed by atoms with Crippen molar-refractivity contribution < 1.29 is 14.3 Å². The van der Waals surface area contributed by atoms with Crippen LogP contribution < -0.4 is 4.74 Å². The average molecular weight is 321 g/mol. The van der Waals surface area contributed by atoms with Crippen LogP contribution in [0.25, 0.3) is 0 Å². The van der Waals surface area contributed by atoms with Crippen molar-refractivity contribution in [3.63, 3.8) is 0 Å². The first kappa shape index (κ1) is 14.1. The van der Waals surface area contributed by atoms with Crippen LogP contribution in [-0.2, 0) is 0 Å². The van der Waals surface area contributed by atoms with Gasteiger partial charge in [0.15, 0.2) is 11.6 Å². The highest BCUT2D eigenvalue weighted by Gasteiger charge is 2.41. The van der Waals surface area contributed by atoms with Gasteiger partial charge in [-0.25, -0.2) is 0 Å². The van der Waals surface area contributed by atoms with E-state index in [9.17, 15) is 9.59 Å². The van der Waals surface area contributed by atoms with E-state index < -0.39 is 5.92 Å². The normalized spacial score (nSPS) is 17.0. The number of carbonyl (C=O) groups excluding carboxylic acids is 2. The van der Waals surface area contributed by atoms with Crippen LogP contribution in [0.5, 0.6) is 5.75 Å². The van der Waals surface area contributed by atoms with Gasteiger partial charge >= 0.3 is 0 Å². The van der Waals surface area contributed by atoms with Gasteiger partial charge < -0.3 is 4.74 Å². The summed E-state index contributed by atoms with van der Waals surface area (Å²) >= 11 is 12.3. The van der Waals surface area contributed by atoms with Crippen molar-refractivity contribution in [3.05, 3.63) is 63.1 Å². The molecular weight excluding hydrogens is 311 g/mol. The lowest BCUT2D eigenvalue weighted by Crippen LogP contribution is -2.13. The zero-order valence-corrected chi connectivity index (χ0v) is 12.5. The molecule has 1 aliphatic rings. The molecule has 3 nitrogen and oxygen atoms in total. The summed E-state index contributed by atoms with van der Waals surface area (Å²) < 4.78 is 5.10. The fourth-order valence-electron chi connectivity index (χ4n) is 2.55. The molecule has 1 atom stereocenters. The van der Waals surface area contributed by atoms with Gasteiger partial charge in [-0.3, -0.25) is 9.59 Å². The number of methoxy groups -OCH3 is 1. The van der Waals surface area contributed by atoms with E-state index in [0.717, 1.165) is 0 Å². The Balaban J connectivity index is 2.16. The fourth-order valence-corrected chi connectivity index (χ4v) is 3.16. The van der Waals surface area contributed by atoms with Crippen molar-refractivity contribution in [1.82, 2.24) is 0 Å². The first-order valence-electron chi connectivity index (χ1n) is 6.25. The van der Waals surface area contributed by atoms with Crippen molar-refractivity contribution in [2.75, 3.05) is 7.11 Å². The fraction of sp³-hybridized carbons (Fsp3) is 0.125. The second kappa shape index (κ2) is 5.17. The van der Waals surface area contributed by atoms with E-state index in [-0.39, 0.29) is 11.6 Å². The first-order valence-corrected chi connectivity index (χ1v) is 7.00. The van der Waals surface area contributed by atoms with Crippen LogP contribution in [-0.4, -0.2) is 18.7 Å². The highest BCUT2D eigenvalue weighted by molar-refractivity contribution is 6.39. The Bertz CT molecular complexity index is 748. The maximum absolute atomic E-state index is 12.6. The number of fused-ring (bicyclic) bond motifs is 1. The summed E-state index contributed by atoms with van der Waals surface area (Å²) in [5.74, 6) is -1.04. The lowest BCUT2D eigenvalue weighted by molar-refractivity contribution is 0.0890. The molecule has 0 saturated carbocycles. The van der Waals surface area contributed by atoms with Gasteiger partial charge in [-0.05, 0) is 30.3 Å². The number of rotatable bonds is 2. The van der Waals surface area contributed by atoms with Crippen LogP contribution in [0.2, 0.25) is 10.0 Å². The summed E-state index contributed by atoms with van der Waals surface area (Å²) in [5.41, 5.74) is 1.09. The number of Topliss-reactive ketones (excluding diaryl/α,β-unsaturated/α-hetero) is 2. The summed E-state index contributed by atoms with van der Waals surface area (Å²) in [6.07, 6.45) is 0. The van der Waals surface area contributed by atoms with Crippen LogP contribution in [0.1, 0.15) is 32.2 Å². The largest absolute Gasteiger partial charge is 0.497 e. The molecule has 106 valence electrons. The minimum Gasteiger partial charge on any atom is -0.497 e. The molecule has 1 aliphatic carbocycles. The number of carbonyl (C=O) groups is 2. The molecule has 3 rings (SSSR count). The molecule has 0 spiro atoms. The number of ether oxygens (including phenoxy) is 1. The Morgan fingerprint density at radius 3 is 2.19 bits per heavy atom. The van der Waals surface area contributed by atoms with Crippen LogP contribution in [0.15, 0.2) is 36.4 Å². The number of hydrogen-bond donors (Lipinski definition) is 0. The van der Waals surface area contributed by atoms with Crippen LogP contribution >= 0.6 is 23.2 Å². The molecule has 0 heterocycles. The van der Waals surface area contributed by atoms with E-state index in [0.29, 0.717) is 32.5 Å². The molecule has 0 aliphatic heterocycles. The molecule has 1 unspecified atom stereocenters. The Hall–Kier alpha value is -1.84. The van der Waals surface area contributed by atoms with E-state index in [1.807, 2.05) is 0 Å². The van der Waals surface area contributed by atoms with Gasteiger partial charge in [-0.1, -0.05) is 29.3 Å². The lowest BCUT2D eigenvalue weighted by atomic mass is 9.94. The summed E-state index contributed by atoms with van der Waals surface area (Å²) in [6, 6.07) is 9.73. The maximum atomic E-state index is 12.6.